The van der Waals surface area contributed by atoms with E-state index in [1.807, 2.05) is 56.5 Å². The van der Waals surface area contributed by atoms with E-state index in [-0.39, 0.29) is 12.4 Å². The Balaban J connectivity index is 1.91. The third-order valence-electron chi connectivity index (χ3n) is 5.20. The number of hydrogen-bond acceptors (Lipinski definition) is 6. The Morgan fingerprint density at radius 1 is 1.16 bits per heavy atom. The number of carbonyl (C=O) groups is 1. The molecular formula is C23H25BN4O2S. The number of fused-ring (bicyclic) bond motifs is 3. The van der Waals surface area contributed by atoms with Gasteiger partial charge in [0.25, 0.3) is 0 Å². The SMILES string of the molecule is [B]c1ccc(C2=N[C@@H](CC(=O)OC(C)(C)C)c3nnc(C)n3-c3sc(C)c(C)c32)cc1. The lowest BCUT2D eigenvalue weighted by Gasteiger charge is -2.21. The van der Waals surface area contributed by atoms with E-state index in [4.69, 9.17) is 17.6 Å². The number of aliphatic imine (C=N–C) groups is 1. The molecule has 4 rings (SSSR count). The van der Waals surface area contributed by atoms with Crippen LogP contribution in [-0.2, 0) is 9.53 Å². The van der Waals surface area contributed by atoms with Crippen molar-refractivity contribution in [3.05, 3.63) is 57.5 Å². The quantitative estimate of drug-likeness (QED) is 0.468. The van der Waals surface area contributed by atoms with Crippen LogP contribution in [0.5, 0.6) is 0 Å². The van der Waals surface area contributed by atoms with Crippen molar-refractivity contribution in [2.24, 2.45) is 4.99 Å². The summed E-state index contributed by atoms with van der Waals surface area (Å²) in [6, 6.07) is 7.15. The van der Waals surface area contributed by atoms with Crippen LogP contribution >= 0.6 is 11.3 Å². The maximum atomic E-state index is 12.7. The zero-order valence-electron chi connectivity index (χ0n) is 18.7. The second-order valence-corrected chi connectivity index (χ2v) is 10.0. The molecule has 0 bridgehead atoms. The van der Waals surface area contributed by atoms with Gasteiger partial charge in [-0.2, -0.15) is 0 Å². The van der Waals surface area contributed by atoms with E-state index < -0.39 is 11.6 Å². The summed E-state index contributed by atoms with van der Waals surface area (Å²) in [4.78, 5) is 19.0. The fourth-order valence-corrected chi connectivity index (χ4v) is 4.92. The van der Waals surface area contributed by atoms with E-state index in [0.717, 1.165) is 33.2 Å². The average molecular weight is 432 g/mol. The molecule has 0 amide bonds. The summed E-state index contributed by atoms with van der Waals surface area (Å²) in [5, 5.41) is 9.74. The number of aryl methyl sites for hydroxylation is 2. The molecule has 3 aromatic rings. The Morgan fingerprint density at radius 3 is 2.48 bits per heavy atom. The van der Waals surface area contributed by atoms with Gasteiger partial charge in [0.2, 0.25) is 0 Å². The molecule has 31 heavy (non-hydrogen) atoms. The van der Waals surface area contributed by atoms with Gasteiger partial charge in [0.05, 0.1) is 12.1 Å². The van der Waals surface area contributed by atoms with Crippen LogP contribution in [0, 0.1) is 20.8 Å². The van der Waals surface area contributed by atoms with Crippen molar-refractivity contribution in [3.8, 4) is 5.00 Å². The molecular weight excluding hydrogens is 407 g/mol. The summed E-state index contributed by atoms with van der Waals surface area (Å²) in [6.07, 6.45) is 0.0842. The predicted octanol–water partition coefficient (Wildman–Crippen LogP) is 3.67. The van der Waals surface area contributed by atoms with Crippen molar-refractivity contribution in [3.63, 3.8) is 0 Å². The summed E-state index contributed by atoms with van der Waals surface area (Å²) in [5.74, 6) is 1.10. The molecule has 2 aromatic heterocycles. The minimum absolute atomic E-state index is 0.0842. The molecule has 1 aliphatic rings. The Labute approximate surface area is 187 Å². The summed E-state index contributed by atoms with van der Waals surface area (Å²) in [7, 11) is 5.92. The summed E-state index contributed by atoms with van der Waals surface area (Å²) < 4.78 is 7.61. The van der Waals surface area contributed by atoms with Crippen LogP contribution in [0.25, 0.3) is 5.00 Å². The molecule has 158 valence electrons. The second-order valence-electron chi connectivity index (χ2n) is 8.81. The van der Waals surface area contributed by atoms with Gasteiger partial charge in [-0.05, 0) is 47.1 Å². The smallest absolute Gasteiger partial charge is 0.308 e. The van der Waals surface area contributed by atoms with Gasteiger partial charge in [0.1, 0.15) is 30.3 Å². The summed E-state index contributed by atoms with van der Waals surface area (Å²) in [5.41, 5.74) is 4.10. The third kappa shape index (κ3) is 4.09. The van der Waals surface area contributed by atoms with Crippen LogP contribution < -0.4 is 5.46 Å². The number of benzene rings is 1. The van der Waals surface area contributed by atoms with Crippen LogP contribution in [0.2, 0.25) is 0 Å². The van der Waals surface area contributed by atoms with Crippen molar-refractivity contribution in [1.29, 1.82) is 0 Å². The van der Waals surface area contributed by atoms with Crippen LogP contribution in [0.15, 0.2) is 29.3 Å². The largest absolute Gasteiger partial charge is 0.460 e. The molecule has 3 heterocycles. The van der Waals surface area contributed by atoms with Gasteiger partial charge in [0.15, 0.2) is 5.82 Å². The molecule has 0 saturated carbocycles. The van der Waals surface area contributed by atoms with Gasteiger partial charge in [-0.25, -0.2) is 0 Å². The fraction of sp³-hybridized carbons (Fsp3) is 0.391. The Bertz CT molecular complexity index is 1190. The van der Waals surface area contributed by atoms with Gasteiger partial charge in [-0.1, -0.05) is 29.7 Å². The number of ether oxygens (including phenoxy) is 1. The number of aromatic nitrogens is 3. The molecule has 2 radical (unpaired) electrons. The molecule has 0 unspecified atom stereocenters. The number of hydrogen-bond donors (Lipinski definition) is 0. The molecule has 0 spiro atoms. The van der Waals surface area contributed by atoms with Gasteiger partial charge >= 0.3 is 5.97 Å². The standard InChI is InChI=1S/C23H25BN4O2S/c1-12-13(2)31-22-19(12)20(15-7-9-16(24)10-8-15)25-17(11-18(29)30-23(4,5)6)21-27-26-14(3)28(21)22/h7-10,17H,11H2,1-6H3/t17-/m0/s1. The zero-order valence-corrected chi connectivity index (χ0v) is 19.5. The van der Waals surface area contributed by atoms with Gasteiger partial charge in [0, 0.05) is 16.0 Å². The average Bonchev–Trinajstić information content (AvgIpc) is 3.14. The zero-order chi connectivity index (χ0) is 22.5. The second kappa shape index (κ2) is 7.75. The van der Waals surface area contributed by atoms with E-state index in [0.29, 0.717) is 11.3 Å². The maximum absolute atomic E-state index is 12.7. The highest BCUT2D eigenvalue weighted by Crippen LogP contribution is 2.39. The van der Waals surface area contributed by atoms with E-state index in [2.05, 4.69) is 24.0 Å². The Morgan fingerprint density at radius 2 is 1.84 bits per heavy atom. The van der Waals surface area contributed by atoms with Crippen molar-refractivity contribution in [1.82, 2.24) is 14.8 Å². The first-order chi connectivity index (χ1) is 14.5. The molecule has 0 N–H and O–H groups in total. The summed E-state index contributed by atoms with van der Waals surface area (Å²) in [6.45, 7) is 11.7. The number of rotatable bonds is 3. The molecule has 8 heteroatoms. The maximum Gasteiger partial charge on any atom is 0.308 e. The third-order valence-corrected chi connectivity index (χ3v) is 6.40. The van der Waals surface area contributed by atoms with E-state index in [1.54, 1.807) is 11.3 Å². The van der Waals surface area contributed by atoms with Crippen LogP contribution in [-0.4, -0.2) is 39.9 Å². The van der Waals surface area contributed by atoms with Crippen molar-refractivity contribution in [2.75, 3.05) is 0 Å². The van der Waals surface area contributed by atoms with Crippen molar-refractivity contribution < 1.29 is 9.53 Å². The van der Waals surface area contributed by atoms with E-state index in [1.165, 1.54) is 4.88 Å². The van der Waals surface area contributed by atoms with Crippen molar-refractivity contribution >= 4 is 36.3 Å². The van der Waals surface area contributed by atoms with E-state index >= 15 is 0 Å². The highest BCUT2D eigenvalue weighted by molar-refractivity contribution is 7.15. The number of thiophene rings is 1. The normalized spacial score (nSPS) is 15.7. The lowest BCUT2D eigenvalue weighted by Crippen LogP contribution is -2.25. The van der Waals surface area contributed by atoms with Crippen molar-refractivity contribution in [2.45, 2.75) is 59.6 Å². The first-order valence-corrected chi connectivity index (χ1v) is 11.0. The van der Waals surface area contributed by atoms with Crippen LogP contribution in [0.4, 0.5) is 0 Å². The molecule has 1 aliphatic heterocycles. The van der Waals surface area contributed by atoms with Gasteiger partial charge in [-0.3, -0.25) is 14.4 Å². The Kier molecular flexibility index (Phi) is 5.37. The highest BCUT2D eigenvalue weighted by atomic mass is 32.1. The lowest BCUT2D eigenvalue weighted by atomic mass is 9.92. The summed E-state index contributed by atoms with van der Waals surface area (Å²) >= 11 is 1.69. The molecule has 0 fully saturated rings. The number of carbonyl (C=O) groups excluding carboxylic acids is 1. The molecule has 1 atom stereocenters. The molecule has 1 aromatic carbocycles. The minimum Gasteiger partial charge on any atom is -0.460 e. The monoisotopic (exact) mass is 432 g/mol. The van der Waals surface area contributed by atoms with Crippen LogP contribution in [0.1, 0.15) is 66.5 Å². The Hall–Kier alpha value is -2.74. The first kappa shape index (κ1) is 21.5. The molecule has 0 saturated heterocycles. The van der Waals surface area contributed by atoms with E-state index in [9.17, 15) is 4.79 Å². The minimum atomic E-state index is -0.568. The number of nitrogens with zero attached hydrogens (tertiary/aromatic N) is 4. The van der Waals surface area contributed by atoms with Crippen LogP contribution in [0.3, 0.4) is 0 Å². The fourth-order valence-electron chi connectivity index (χ4n) is 3.71. The highest BCUT2D eigenvalue weighted by Gasteiger charge is 2.33. The molecule has 6 nitrogen and oxygen atoms in total. The molecule has 0 aliphatic carbocycles. The topological polar surface area (TPSA) is 69.4 Å². The first-order valence-electron chi connectivity index (χ1n) is 10.2. The lowest BCUT2D eigenvalue weighted by molar-refractivity contribution is -0.155. The predicted molar refractivity (Wildman–Crippen MR) is 124 cm³/mol. The van der Waals surface area contributed by atoms with Gasteiger partial charge < -0.3 is 4.74 Å². The number of esters is 1. The van der Waals surface area contributed by atoms with Gasteiger partial charge in [-0.15, -0.1) is 21.5 Å².